The largest absolute Gasteiger partial charge is 0.469 e. The van der Waals surface area contributed by atoms with E-state index in [-0.39, 0.29) is 17.7 Å². The number of hydrogen-bond acceptors (Lipinski definition) is 5. The van der Waals surface area contributed by atoms with Crippen LogP contribution in [0.15, 0.2) is 53.0 Å². The van der Waals surface area contributed by atoms with E-state index in [0.717, 1.165) is 10.0 Å². The van der Waals surface area contributed by atoms with Crippen LogP contribution in [-0.4, -0.2) is 33.2 Å². The van der Waals surface area contributed by atoms with Gasteiger partial charge in [0.2, 0.25) is 10.0 Å². The Labute approximate surface area is 179 Å². The summed E-state index contributed by atoms with van der Waals surface area (Å²) in [5.41, 5.74) is 1.31. The summed E-state index contributed by atoms with van der Waals surface area (Å²) in [6, 6.07) is 12.8. The number of halogens is 1. The first kappa shape index (κ1) is 22.9. The van der Waals surface area contributed by atoms with Gasteiger partial charge in [0, 0.05) is 15.7 Å². The van der Waals surface area contributed by atoms with Crippen molar-refractivity contribution in [3.8, 4) is 0 Å². The summed E-state index contributed by atoms with van der Waals surface area (Å²) < 4.78 is 31.9. The molecule has 0 aliphatic carbocycles. The summed E-state index contributed by atoms with van der Waals surface area (Å²) in [4.78, 5) is 24.6. The molecule has 2 aromatic carbocycles. The van der Waals surface area contributed by atoms with Crippen molar-refractivity contribution in [3.63, 3.8) is 0 Å². The van der Waals surface area contributed by atoms with Crippen molar-refractivity contribution in [3.05, 3.63) is 64.1 Å². The highest BCUT2D eigenvalue weighted by Gasteiger charge is 2.20. The third kappa shape index (κ3) is 7.17. The molecule has 29 heavy (non-hydrogen) atoms. The monoisotopic (exact) mass is 482 g/mol. The zero-order chi connectivity index (χ0) is 21.4. The molecular weight excluding hydrogens is 460 g/mol. The zero-order valence-electron chi connectivity index (χ0n) is 16.1. The lowest BCUT2D eigenvalue weighted by atomic mass is 10.0. The van der Waals surface area contributed by atoms with E-state index in [0.29, 0.717) is 12.1 Å². The third-order valence-electron chi connectivity index (χ3n) is 4.03. The molecule has 7 nitrogen and oxygen atoms in total. The van der Waals surface area contributed by atoms with E-state index in [1.54, 1.807) is 37.3 Å². The molecule has 9 heteroatoms. The second kappa shape index (κ2) is 10.4. The molecule has 0 saturated heterocycles. The number of amides is 1. The lowest BCUT2D eigenvalue weighted by molar-refractivity contribution is -0.141. The Morgan fingerprint density at radius 2 is 1.86 bits per heavy atom. The van der Waals surface area contributed by atoms with Crippen LogP contribution in [0, 0.1) is 0 Å². The van der Waals surface area contributed by atoms with Crippen molar-refractivity contribution in [1.82, 2.24) is 5.32 Å². The van der Waals surface area contributed by atoms with Gasteiger partial charge in [0.15, 0.2) is 0 Å². The van der Waals surface area contributed by atoms with Crippen LogP contribution < -0.4 is 10.0 Å². The van der Waals surface area contributed by atoms with Gasteiger partial charge in [-0.05, 0) is 42.3 Å². The van der Waals surface area contributed by atoms with Crippen LogP contribution in [0.4, 0.5) is 5.69 Å². The fraction of sp³-hybridized carbons (Fsp3) is 0.300. The van der Waals surface area contributed by atoms with Gasteiger partial charge >= 0.3 is 5.97 Å². The van der Waals surface area contributed by atoms with E-state index >= 15 is 0 Å². The van der Waals surface area contributed by atoms with E-state index < -0.39 is 27.9 Å². The molecule has 2 N–H and O–H groups in total. The number of methoxy groups -OCH3 is 1. The Balaban J connectivity index is 2.22. The molecule has 0 spiro atoms. The van der Waals surface area contributed by atoms with Crippen LogP contribution in [0.25, 0.3) is 0 Å². The maximum atomic E-state index is 12.8. The van der Waals surface area contributed by atoms with Gasteiger partial charge in [-0.25, -0.2) is 8.42 Å². The molecule has 1 amide bonds. The van der Waals surface area contributed by atoms with E-state index in [9.17, 15) is 18.0 Å². The van der Waals surface area contributed by atoms with Crippen LogP contribution in [0.1, 0.15) is 41.7 Å². The first-order chi connectivity index (χ1) is 13.7. The molecule has 0 bridgehead atoms. The van der Waals surface area contributed by atoms with Crippen molar-refractivity contribution in [2.75, 3.05) is 17.6 Å². The number of anilines is 1. The van der Waals surface area contributed by atoms with E-state index in [1.165, 1.54) is 13.2 Å². The van der Waals surface area contributed by atoms with E-state index in [1.807, 2.05) is 12.1 Å². The molecular formula is C20H23BrN2O5S. The molecule has 0 aliphatic heterocycles. The summed E-state index contributed by atoms with van der Waals surface area (Å²) in [7, 11) is -2.18. The number of sulfonamides is 1. The lowest BCUT2D eigenvalue weighted by Crippen LogP contribution is -2.30. The number of nitrogens with one attached hydrogen (secondary N) is 2. The number of ether oxygens (including phenoxy) is 1. The first-order valence-electron chi connectivity index (χ1n) is 8.97. The van der Waals surface area contributed by atoms with Crippen LogP contribution in [0.5, 0.6) is 0 Å². The highest BCUT2D eigenvalue weighted by molar-refractivity contribution is 9.10. The van der Waals surface area contributed by atoms with Crippen LogP contribution >= 0.6 is 15.9 Å². The summed E-state index contributed by atoms with van der Waals surface area (Å²) in [6.45, 7) is 1.77. The molecule has 0 radical (unpaired) electrons. The minimum absolute atomic E-state index is 0.00644. The van der Waals surface area contributed by atoms with Crippen molar-refractivity contribution in [2.45, 2.75) is 25.8 Å². The quantitative estimate of drug-likeness (QED) is 0.531. The maximum Gasteiger partial charge on any atom is 0.307 e. The summed E-state index contributed by atoms with van der Waals surface area (Å²) in [6.07, 6.45) is 0.443. The van der Waals surface area contributed by atoms with Gasteiger partial charge in [0.05, 0.1) is 25.3 Å². The fourth-order valence-electron chi connectivity index (χ4n) is 2.69. The van der Waals surface area contributed by atoms with Crippen LogP contribution in [0.3, 0.4) is 0 Å². The SMILES string of the molecule is CCCS(=O)(=O)Nc1cccc(C(=O)NC(CC(=O)OC)c2cccc(Br)c2)c1. The second-order valence-corrected chi connectivity index (χ2v) is 9.12. The van der Waals surface area contributed by atoms with E-state index in [2.05, 4.69) is 26.0 Å². The predicted octanol–water partition coefficient (Wildman–Crippen LogP) is 3.64. The molecule has 0 heterocycles. The number of carbonyl (C=O) groups excluding carboxylic acids is 2. The number of rotatable bonds is 9. The molecule has 0 aromatic heterocycles. The highest BCUT2D eigenvalue weighted by atomic mass is 79.9. The Bertz CT molecular complexity index is 978. The molecule has 2 rings (SSSR count). The molecule has 1 unspecified atom stereocenters. The van der Waals surface area contributed by atoms with Gasteiger partial charge in [-0.15, -0.1) is 0 Å². The molecule has 0 saturated carbocycles. The minimum atomic E-state index is -3.47. The average molecular weight is 483 g/mol. The molecule has 1 atom stereocenters. The Kier molecular flexibility index (Phi) is 8.21. The predicted molar refractivity (Wildman–Crippen MR) is 115 cm³/mol. The number of esters is 1. The zero-order valence-corrected chi connectivity index (χ0v) is 18.5. The van der Waals surface area contributed by atoms with Crippen LogP contribution in [-0.2, 0) is 19.6 Å². The van der Waals surface area contributed by atoms with Crippen molar-refractivity contribution in [1.29, 1.82) is 0 Å². The molecule has 156 valence electrons. The second-order valence-electron chi connectivity index (χ2n) is 6.36. The fourth-order valence-corrected chi connectivity index (χ4v) is 4.23. The normalized spacial score (nSPS) is 12.1. The molecule has 0 aliphatic rings. The minimum Gasteiger partial charge on any atom is -0.469 e. The van der Waals surface area contributed by atoms with Crippen molar-refractivity contribution >= 4 is 43.5 Å². The molecule has 2 aromatic rings. The van der Waals surface area contributed by atoms with Gasteiger partial charge in [0.1, 0.15) is 0 Å². The van der Waals surface area contributed by atoms with Crippen molar-refractivity contribution < 1.29 is 22.7 Å². The highest BCUT2D eigenvalue weighted by Crippen LogP contribution is 2.22. The van der Waals surface area contributed by atoms with Gasteiger partial charge in [0.25, 0.3) is 5.91 Å². The lowest BCUT2D eigenvalue weighted by Gasteiger charge is -2.19. The van der Waals surface area contributed by atoms with Gasteiger partial charge in [-0.2, -0.15) is 0 Å². The van der Waals surface area contributed by atoms with Gasteiger partial charge in [-0.1, -0.05) is 41.1 Å². The third-order valence-corrected chi connectivity index (χ3v) is 6.01. The summed E-state index contributed by atoms with van der Waals surface area (Å²) in [5, 5.41) is 2.82. The standard InChI is InChI=1S/C20H23BrN2O5S/c1-3-10-29(26,27)23-17-9-5-7-15(12-17)20(25)22-18(13-19(24)28-2)14-6-4-8-16(21)11-14/h4-9,11-12,18,23H,3,10,13H2,1-2H3,(H,22,25). The molecule has 0 fully saturated rings. The summed E-state index contributed by atoms with van der Waals surface area (Å²) in [5.74, 6) is -0.903. The van der Waals surface area contributed by atoms with E-state index in [4.69, 9.17) is 4.74 Å². The Morgan fingerprint density at radius 1 is 1.14 bits per heavy atom. The average Bonchev–Trinajstić information content (AvgIpc) is 2.67. The summed E-state index contributed by atoms with van der Waals surface area (Å²) >= 11 is 3.38. The first-order valence-corrected chi connectivity index (χ1v) is 11.4. The number of hydrogen-bond donors (Lipinski definition) is 2. The Hall–Kier alpha value is -2.39. The number of carbonyl (C=O) groups is 2. The number of benzene rings is 2. The van der Waals surface area contributed by atoms with Crippen LogP contribution in [0.2, 0.25) is 0 Å². The van der Waals surface area contributed by atoms with Gasteiger partial charge in [-0.3, -0.25) is 14.3 Å². The van der Waals surface area contributed by atoms with Crippen molar-refractivity contribution in [2.24, 2.45) is 0 Å². The Morgan fingerprint density at radius 3 is 2.52 bits per heavy atom. The topological polar surface area (TPSA) is 102 Å². The maximum absolute atomic E-state index is 12.8. The smallest absolute Gasteiger partial charge is 0.307 e. The van der Waals surface area contributed by atoms with Gasteiger partial charge < -0.3 is 10.1 Å².